The lowest BCUT2D eigenvalue weighted by atomic mass is 9.90. The molecule has 1 aromatic heterocycles. The minimum atomic E-state index is -4.43. The van der Waals surface area contributed by atoms with E-state index in [-0.39, 0.29) is 6.04 Å². The first kappa shape index (κ1) is 26.0. The number of anilines is 1. The maximum Gasteiger partial charge on any atom is 0.416 e. The number of likely N-dealkylation sites (tertiary alicyclic amines) is 2. The second-order valence-electron chi connectivity index (χ2n) is 10.7. The van der Waals surface area contributed by atoms with Gasteiger partial charge in [0.25, 0.3) is 0 Å². The van der Waals surface area contributed by atoms with Crippen molar-refractivity contribution in [2.45, 2.75) is 63.2 Å². The number of pyridine rings is 1. The Hall–Kier alpha value is -2.65. The fourth-order valence-electron chi connectivity index (χ4n) is 6.13. The van der Waals surface area contributed by atoms with Gasteiger partial charge in [-0.1, -0.05) is 18.2 Å². The lowest BCUT2D eigenvalue weighted by Crippen LogP contribution is -2.43. The van der Waals surface area contributed by atoms with Gasteiger partial charge in [-0.15, -0.1) is 0 Å². The van der Waals surface area contributed by atoms with Gasteiger partial charge in [0.1, 0.15) is 11.9 Å². The zero-order valence-corrected chi connectivity index (χ0v) is 21.0. The molecule has 0 unspecified atom stereocenters. The summed E-state index contributed by atoms with van der Waals surface area (Å²) < 4.78 is 38.8. The molecule has 1 aromatic carbocycles. The Morgan fingerprint density at radius 1 is 1.08 bits per heavy atom. The highest BCUT2D eigenvalue weighted by atomic mass is 19.4. The van der Waals surface area contributed by atoms with Crippen LogP contribution < -0.4 is 5.32 Å². The van der Waals surface area contributed by atoms with Crippen LogP contribution in [0.3, 0.4) is 0 Å². The van der Waals surface area contributed by atoms with E-state index in [2.05, 4.69) is 22.3 Å². The number of carbonyl (C=O) groups is 1. The standard InChI is InChI=1S/C28H35F3N4O2/c29-28(30,31)22-7-4-20(5-8-22)25(27(36)37)35-17-13-24(18-35)34-15-11-19(12-16-34)3-9-23-10-6-21-2-1-14-32-26(21)33-23/h4-8,10,19,24-25H,1-3,9,11-18H2,(H,32,33)(H,36,37)/t24-,25+/m1/s1. The molecule has 5 rings (SSSR count). The molecule has 0 aliphatic carbocycles. The summed E-state index contributed by atoms with van der Waals surface area (Å²) >= 11 is 0. The minimum Gasteiger partial charge on any atom is -0.480 e. The molecular weight excluding hydrogens is 481 g/mol. The van der Waals surface area contributed by atoms with Gasteiger partial charge in [-0.25, -0.2) is 4.98 Å². The van der Waals surface area contributed by atoms with E-state index in [0.29, 0.717) is 24.6 Å². The second-order valence-corrected chi connectivity index (χ2v) is 10.7. The molecule has 2 aromatic rings. The van der Waals surface area contributed by atoms with Crippen LogP contribution in [0.15, 0.2) is 36.4 Å². The van der Waals surface area contributed by atoms with Crippen LogP contribution in [0.2, 0.25) is 0 Å². The van der Waals surface area contributed by atoms with Crippen molar-refractivity contribution in [1.82, 2.24) is 14.8 Å². The third-order valence-corrected chi connectivity index (χ3v) is 8.27. The lowest BCUT2D eigenvalue weighted by Gasteiger charge is -2.36. The fraction of sp³-hybridized carbons (Fsp3) is 0.571. The van der Waals surface area contributed by atoms with Gasteiger partial charge in [0, 0.05) is 31.4 Å². The number of aromatic nitrogens is 1. The Balaban J connectivity index is 1.11. The first-order valence-corrected chi connectivity index (χ1v) is 13.4. The van der Waals surface area contributed by atoms with Gasteiger partial charge in [-0.3, -0.25) is 14.6 Å². The number of benzene rings is 1. The van der Waals surface area contributed by atoms with Gasteiger partial charge in [-0.2, -0.15) is 13.2 Å². The van der Waals surface area contributed by atoms with Crippen LogP contribution in [-0.4, -0.2) is 64.6 Å². The van der Waals surface area contributed by atoms with Crippen molar-refractivity contribution < 1.29 is 23.1 Å². The quantitative estimate of drug-likeness (QED) is 0.540. The molecule has 6 nitrogen and oxygen atoms in total. The average molecular weight is 517 g/mol. The highest BCUT2D eigenvalue weighted by molar-refractivity contribution is 5.75. The third kappa shape index (κ3) is 6.09. The molecular formula is C28H35F3N4O2. The van der Waals surface area contributed by atoms with E-state index in [9.17, 15) is 23.1 Å². The highest BCUT2D eigenvalue weighted by Gasteiger charge is 2.37. The van der Waals surface area contributed by atoms with E-state index < -0.39 is 23.8 Å². The van der Waals surface area contributed by atoms with Gasteiger partial charge in [0.15, 0.2) is 0 Å². The van der Waals surface area contributed by atoms with Crippen LogP contribution in [0.5, 0.6) is 0 Å². The van der Waals surface area contributed by atoms with Gasteiger partial charge in [0.05, 0.1) is 5.56 Å². The number of rotatable bonds is 7. The van der Waals surface area contributed by atoms with Crippen molar-refractivity contribution in [3.63, 3.8) is 0 Å². The van der Waals surface area contributed by atoms with Gasteiger partial charge >= 0.3 is 12.1 Å². The van der Waals surface area contributed by atoms with Gasteiger partial charge in [0.2, 0.25) is 0 Å². The molecule has 2 saturated heterocycles. The molecule has 2 atom stereocenters. The number of aryl methyl sites for hydroxylation is 2. The molecule has 2 N–H and O–H groups in total. The summed E-state index contributed by atoms with van der Waals surface area (Å²) in [7, 11) is 0. The van der Waals surface area contributed by atoms with Crippen LogP contribution in [0.1, 0.15) is 60.5 Å². The Labute approximate surface area is 215 Å². The van der Waals surface area contributed by atoms with E-state index in [1.165, 1.54) is 17.7 Å². The topological polar surface area (TPSA) is 68.7 Å². The highest BCUT2D eigenvalue weighted by Crippen LogP contribution is 2.33. The number of carboxylic acid groups (broad SMARTS) is 1. The van der Waals surface area contributed by atoms with Gasteiger partial charge in [-0.05, 0) is 93.3 Å². The summed E-state index contributed by atoms with van der Waals surface area (Å²) in [6.07, 6.45) is 3.08. The smallest absolute Gasteiger partial charge is 0.416 e. The van der Waals surface area contributed by atoms with Crippen molar-refractivity contribution in [2.75, 3.05) is 38.0 Å². The summed E-state index contributed by atoms with van der Waals surface area (Å²) in [5.41, 5.74) is 2.11. The molecule has 4 heterocycles. The molecule has 2 fully saturated rings. The first-order valence-electron chi connectivity index (χ1n) is 13.4. The molecule has 9 heteroatoms. The number of halogens is 3. The third-order valence-electron chi connectivity index (χ3n) is 8.27. The lowest BCUT2D eigenvalue weighted by molar-refractivity contribution is -0.143. The van der Waals surface area contributed by atoms with Crippen molar-refractivity contribution in [3.8, 4) is 0 Å². The first-order chi connectivity index (χ1) is 17.8. The Morgan fingerprint density at radius 3 is 2.54 bits per heavy atom. The zero-order chi connectivity index (χ0) is 26.0. The van der Waals surface area contributed by atoms with Crippen molar-refractivity contribution >= 4 is 11.8 Å². The van der Waals surface area contributed by atoms with E-state index in [0.717, 1.165) is 88.2 Å². The number of hydrogen-bond acceptors (Lipinski definition) is 5. The Kier molecular flexibility index (Phi) is 7.72. The predicted octanol–water partition coefficient (Wildman–Crippen LogP) is 5.00. The number of nitrogens with one attached hydrogen (secondary N) is 1. The molecule has 3 aliphatic rings. The molecule has 0 spiro atoms. The number of hydrogen-bond donors (Lipinski definition) is 2. The number of aliphatic carboxylic acids is 1. The number of fused-ring (bicyclic) bond motifs is 1. The van der Waals surface area contributed by atoms with Crippen LogP contribution in [0, 0.1) is 5.92 Å². The molecule has 3 aliphatic heterocycles. The summed E-state index contributed by atoms with van der Waals surface area (Å²) in [4.78, 5) is 21.3. The van der Waals surface area contributed by atoms with Crippen LogP contribution in [0.25, 0.3) is 0 Å². The maximum atomic E-state index is 12.9. The predicted molar refractivity (Wildman–Crippen MR) is 135 cm³/mol. The molecule has 37 heavy (non-hydrogen) atoms. The second kappa shape index (κ2) is 11.0. The molecule has 0 radical (unpaired) electrons. The summed E-state index contributed by atoms with van der Waals surface area (Å²) in [5.74, 6) is 0.698. The molecule has 0 saturated carbocycles. The Bertz CT molecular complexity index is 1080. The number of piperidine rings is 1. The van der Waals surface area contributed by atoms with Crippen LogP contribution >= 0.6 is 0 Å². The SMILES string of the molecule is O=C(O)[C@H](c1ccc(C(F)(F)F)cc1)N1CC[C@@H](N2CCC(CCc3ccc4c(n3)NCCC4)CC2)C1. The monoisotopic (exact) mass is 516 g/mol. The molecule has 200 valence electrons. The van der Waals surface area contributed by atoms with Crippen molar-refractivity contribution in [2.24, 2.45) is 5.92 Å². The summed E-state index contributed by atoms with van der Waals surface area (Å²) in [5, 5.41) is 13.3. The Morgan fingerprint density at radius 2 is 1.84 bits per heavy atom. The molecule has 0 amide bonds. The summed E-state index contributed by atoms with van der Waals surface area (Å²) in [6, 6.07) is 8.28. The summed E-state index contributed by atoms with van der Waals surface area (Å²) in [6.45, 7) is 4.24. The van der Waals surface area contributed by atoms with Crippen LogP contribution in [-0.2, 0) is 23.8 Å². The van der Waals surface area contributed by atoms with E-state index in [4.69, 9.17) is 4.98 Å². The fourth-order valence-corrected chi connectivity index (χ4v) is 6.13. The van der Waals surface area contributed by atoms with Crippen LogP contribution in [0.4, 0.5) is 19.0 Å². The zero-order valence-electron chi connectivity index (χ0n) is 21.0. The van der Waals surface area contributed by atoms with Crippen molar-refractivity contribution in [3.05, 3.63) is 58.8 Å². The largest absolute Gasteiger partial charge is 0.480 e. The van der Waals surface area contributed by atoms with E-state index in [1.54, 1.807) is 0 Å². The normalized spacial score (nSPS) is 22.4. The molecule has 0 bridgehead atoms. The van der Waals surface area contributed by atoms with E-state index in [1.807, 2.05) is 4.90 Å². The average Bonchev–Trinajstić information content (AvgIpc) is 3.37. The number of alkyl halides is 3. The van der Waals surface area contributed by atoms with Gasteiger partial charge < -0.3 is 10.4 Å². The van der Waals surface area contributed by atoms with Crippen molar-refractivity contribution in [1.29, 1.82) is 0 Å². The maximum absolute atomic E-state index is 12.9. The van der Waals surface area contributed by atoms with E-state index >= 15 is 0 Å². The minimum absolute atomic E-state index is 0.283. The number of nitrogens with zero attached hydrogens (tertiary/aromatic N) is 3. The number of carboxylic acids is 1.